The maximum atomic E-state index is 13.4. The summed E-state index contributed by atoms with van der Waals surface area (Å²) >= 11 is 6.53. The fourth-order valence-electron chi connectivity index (χ4n) is 5.48. The van der Waals surface area contributed by atoms with Crippen LogP contribution >= 0.6 is 11.6 Å². The Morgan fingerprint density at radius 2 is 1.97 bits per heavy atom. The number of nitrogens with zero attached hydrogens (tertiary/aromatic N) is 2. The summed E-state index contributed by atoms with van der Waals surface area (Å²) in [4.78, 5) is 18.1. The standard InChI is InChI=1S/C29H38ClN5O2/c1-32-27-8-5-24(16-22(27)17-31)35-13-10-21(18-35)29(36)33-23(19-34-11-2-3-12-34)14-20-4-9-28(26(30)15-20)37-25-6-7-25/h4-5,8-9,15-17,21,23,25,31-32H,2-3,6-7,10-14,18-19H2,1H3,(H,33,36). The molecule has 5 rings (SSSR count). The fraction of sp³-hybridized carbons (Fsp3) is 0.517. The zero-order chi connectivity index (χ0) is 25.8. The predicted octanol–water partition coefficient (Wildman–Crippen LogP) is 4.57. The first-order valence-electron chi connectivity index (χ1n) is 13.6. The van der Waals surface area contributed by atoms with E-state index < -0.39 is 0 Å². The van der Waals surface area contributed by atoms with Crippen molar-refractivity contribution < 1.29 is 9.53 Å². The van der Waals surface area contributed by atoms with Crippen molar-refractivity contribution in [2.24, 2.45) is 5.92 Å². The van der Waals surface area contributed by atoms with E-state index in [4.69, 9.17) is 21.7 Å². The molecule has 2 aromatic rings. The molecule has 0 spiro atoms. The highest BCUT2D eigenvalue weighted by atomic mass is 35.5. The van der Waals surface area contributed by atoms with E-state index in [0.29, 0.717) is 17.7 Å². The van der Waals surface area contributed by atoms with E-state index >= 15 is 0 Å². The van der Waals surface area contributed by atoms with Crippen LogP contribution in [0, 0.1) is 11.3 Å². The van der Waals surface area contributed by atoms with Gasteiger partial charge in [-0.3, -0.25) is 4.79 Å². The molecule has 1 aliphatic carbocycles. The first-order chi connectivity index (χ1) is 18.0. The van der Waals surface area contributed by atoms with Crippen LogP contribution in [0.15, 0.2) is 36.4 Å². The molecule has 3 fully saturated rings. The zero-order valence-corrected chi connectivity index (χ0v) is 22.4. The largest absolute Gasteiger partial charge is 0.489 e. The maximum absolute atomic E-state index is 13.4. The van der Waals surface area contributed by atoms with Gasteiger partial charge < -0.3 is 30.6 Å². The topological polar surface area (TPSA) is 80.7 Å². The third kappa shape index (κ3) is 6.57. The number of likely N-dealkylation sites (tertiary alicyclic amines) is 1. The van der Waals surface area contributed by atoms with Crippen molar-refractivity contribution in [1.29, 1.82) is 5.41 Å². The summed E-state index contributed by atoms with van der Waals surface area (Å²) in [5, 5.41) is 14.9. The quantitative estimate of drug-likeness (QED) is 0.376. The van der Waals surface area contributed by atoms with E-state index in [1.807, 2.05) is 31.3 Å². The Bertz CT molecular complexity index is 1120. The number of hydrogen-bond acceptors (Lipinski definition) is 6. The lowest BCUT2D eigenvalue weighted by molar-refractivity contribution is -0.125. The molecule has 2 aliphatic heterocycles. The van der Waals surface area contributed by atoms with Crippen LogP contribution in [0.5, 0.6) is 5.75 Å². The molecule has 2 heterocycles. The number of halogens is 1. The molecule has 0 radical (unpaired) electrons. The third-order valence-corrected chi connectivity index (χ3v) is 8.00. The number of carbonyl (C=O) groups is 1. The molecular weight excluding hydrogens is 486 g/mol. The number of carbonyl (C=O) groups excluding carboxylic acids is 1. The monoisotopic (exact) mass is 523 g/mol. The van der Waals surface area contributed by atoms with Gasteiger partial charge in [0.25, 0.3) is 0 Å². The van der Waals surface area contributed by atoms with Gasteiger partial charge in [-0.25, -0.2) is 0 Å². The van der Waals surface area contributed by atoms with Gasteiger partial charge in [0, 0.05) is 55.9 Å². The highest BCUT2D eigenvalue weighted by Gasteiger charge is 2.31. The van der Waals surface area contributed by atoms with Crippen molar-refractivity contribution in [3.63, 3.8) is 0 Å². The molecule has 37 heavy (non-hydrogen) atoms. The molecule has 198 valence electrons. The second-order valence-electron chi connectivity index (χ2n) is 10.6. The molecule has 2 unspecified atom stereocenters. The second-order valence-corrected chi connectivity index (χ2v) is 11.0. The normalized spacial score (nSPS) is 20.6. The molecule has 2 aromatic carbocycles. The Morgan fingerprint density at radius 1 is 1.16 bits per heavy atom. The first kappa shape index (κ1) is 25.9. The number of benzene rings is 2. The van der Waals surface area contributed by atoms with Crippen molar-refractivity contribution >= 4 is 35.1 Å². The Hall–Kier alpha value is -2.77. The molecular formula is C29H38ClN5O2. The van der Waals surface area contributed by atoms with Gasteiger partial charge in [-0.15, -0.1) is 0 Å². The van der Waals surface area contributed by atoms with Gasteiger partial charge in [-0.2, -0.15) is 0 Å². The Kier molecular flexibility index (Phi) is 8.20. The smallest absolute Gasteiger partial charge is 0.225 e. The van der Waals surface area contributed by atoms with E-state index in [1.165, 1.54) is 19.1 Å². The molecule has 7 nitrogen and oxygen atoms in total. The van der Waals surface area contributed by atoms with E-state index in [1.54, 1.807) is 0 Å². The Labute approximate surface area is 225 Å². The fourth-order valence-corrected chi connectivity index (χ4v) is 5.72. The average Bonchev–Trinajstić information content (AvgIpc) is 3.34. The summed E-state index contributed by atoms with van der Waals surface area (Å²) in [5.41, 5.74) is 3.97. The van der Waals surface area contributed by atoms with E-state index in [0.717, 1.165) is 80.1 Å². The van der Waals surface area contributed by atoms with Gasteiger partial charge >= 0.3 is 0 Å². The summed E-state index contributed by atoms with van der Waals surface area (Å²) in [6, 6.07) is 12.2. The SMILES string of the molecule is CNc1ccc(N2CCC(C(=O)NC(Cc3ccc(OC4CC4)c(Cl)c3)CN3CCCC3)C2)cc1C=N. The van der Waals surface area contributed by atoms with Crippen LogP contribution in [-0.4, -0.2) is 68.9 Å². The second kappa shape index (κ2) is 11.7. The van der Waals surface area contributed by atoms with Crippen molar-refractivity contribution in [3.8, 4) is 5.75 Å². The van der Waals surface area contributed by atoms with Crippen molar-refractivity contribution in [2.75, 3.05) is 50.0 Å². The lowest BCUT2D eigenvalue weighted by Crippen LogP contribution is -2.46. The van der Waals surface area contributed by atoms with Crippen LogP contribution in [0.3, 0.4) is 0 Å². The number of amides is 1. The highest BCUT2D eigenvalue weighted by Crippen LogP contribution is 2.33. The number of nitrogens with one attached hydrogen (secondary N) is 3. The van der Waals surface area contributed by atoms with Gasteiger partial charge in [-0.05, 0) is 87.5 Å². The molecule has 0 bridgehead atoms. The van der Waals surface area contributed by atoms with Crippen LogP contribution in [0.2, 0.25) is 5.02 Å². The number of hydrogen-bond donors (Lipinski definition) is 3. The molecule has 2 atom stereocenters. The van der Waals surface area contributed by atoms with Gasteiger partial charge in [0.15, 0.2) is 0 Å². The lowest BCUT2D eigenvalue weighted by atomic mass is 10.0. The van der Waals surface area contributed by atoms with Gasteiger partial charge in [0.1, 0.15) is 5.75 Å². The molecule has 3 aliphatic rings. The predicted molar refractivity (Wildman–Crippen MR) is 151 cm³/mol. The summed E-state index contributed by atoms with van der Waals surface area (Å²) in [5.74, 6) is 0.838. The molecule has 2 saturated heterocycles. The Morgan fingerprint density at radius 3 is 2.68 bits per heavy atom. The summed E-state index contributed by atoms with van der Waals surface area (Å²) in [7, 11) is 1.86. The zero-order valence-electron chi connectivity index (χ0n) is 21.6. The summed E-state index contributed by atoms with van der Waals surface area (Å²) in [6.07, 6.45) is 7.91. The van der Waals surface area contributed by atoms with Crippen molar-refractivity contribution in [3.05, 3.63) is 52.5 Å². The van der Waals surface area contributed by atoms with Crippen molar-refractivity contribution in [2.45, 2.75) is 50.7 Å². The van der Waals surface area contributed by atoms with Crippen LogP contribution in [0.4, 0.5) is 11.4 Å². The highest BCUT2D eigenvalue weighted by molar-refractivity contribution is 6.32. The number of rotatable bonds is 11. The van der Waals surface area contributed by atoms with Gasteiger partial charge in [0.05, 0.1) is 17.0 Å². The van der Waals surface area contributed by atoms with Gasteiger partial charge in [0.2, 0.25) is 5.91 Å². The van der Waals surface area contributed by atoms with Crippen LogP contribution in [-0.2, 0) is 11.2 Å². The molecule has 3 N–H and O–H groups in total. The Balaban J connectivity index is 1.23. The van der Waals surface area contributed by atoms with E-state index in [9.17, 15) is 4.79 Å². The minimum absolute atomic E-state index is 0.0327. The van der Waals surface area contributed by atoms with Crippen LogP contribution in [0.1, 0.15) is 43.2 Å². The summed E-state index contributed by atoms with van der Waals surface area (Å²) in [6.45, 7) is 4.57. The van der Waals surface area contributed by atoms with Crippen molar-refractivity contribution in [1.82, 2.24) is 10.2 Å². The minimum atomic E-state index is -0.0496. The molecule has 8 heteroatoms. The van der Waals surface area contributed by atoms with E-state index in [2.05, 4.69) is 32.6 Å². The number of ether oxygens (including phenoxy) is 1. The minimum Gasteiger partial charge on any atom is -0.489 e. The third-order valence-electron chi connectivity index (χ3n) is 7.70. The summed E-state index contributed by atoms with van der Waals surface area (Å²) < 4.78 is 5.90. The number of anilines is 2. The lowest BCUT2D eigenvalue weighted by Gasteiger charge is -2.26. The van der Waals surface area contributed by atoms with Crippen LogP contribution in [0.25, 0.3) is 0 Å². The van der Waals surface area contributed by atoms with Crippen LogP contribution < -0.4 is 20.3 Å². The molecule has 1 saturated carbocycles. The van der Waals surface area contributed by atoms with E-state index in [-0.39, 0.29) is 17.9 Å². The molecule has 1 amide bonds. The molecule has 0 aromatic heterocycles. The average molecular weight is 524 g/mol. The van der Waals surface area contributed by atoms with Gasteiger partial charge in [-0.1, -0.05) is 17.7 Å². The maximum Gasteiger partial charge on any atom is 0.225 e. The first-order valence-corrected chi connectivity index (χ1v) is 13.9.